The summed E-state index contributed by atoms with van der Waals surface area (Å²) < 4.78 is 96.7. The Morgan fingerprint density at radius 1 is 1.24 bits per heavy atom. The van der Waals surface area contributed by atoms with Crippen LogP contribution in [0.25, 0.3) is 11.0 Å². The number of carbonyl (C=O) groups excluding carboxylic acids is 1. The molecule has 15 heteroatoms. The molecule has 0 saturated carbocycles. The molecule has 2 N–H and O–H groups in total. The third kappa shape index (κ3) is 4.09. The lowest BCUT2D eigenvalue weighted by Gasteiger charge is -2.12. The molecule has 3 aromatic heterocycles. The highest BCUT2D eigenvalue weighted by Gasteiger charge is 2.41. The van der Waals surface area contributed by atoms with E-state index in [2.05, 4.69) is 15.1 Å². The van der Waals surface area contributed by atoms with Gasteiger partial charge >= 0.3 is 6.18 Å². The van der Waals surface area contributed by atoms with Gasteiger partial charge in [-0.1, -0.05) is 11.6 Å². The van der Waals surface area contributed by atoms with Gasteiger partial charge in [0.2, 0.25) is 5.78 Å². The third-order valence-electron chi connectivity index (χ3n) is 4.66. The summed E-state index contributed by atoms with van der Waals surface area (Å²) >= 11 is 5.86. The number of aryl methyl sites for hydroxylation is 1. The maximum absolute atomic E-state index is 15.2. The molecule has 3 heterocycles. The van der Waals surface area contributed by atoms with Crippen molar-refractivity contribution < 1.29 is 35.2 Å². The first-order chi connectivity index (χ1) is 15.8. The second-order valence-electron chi connectivity index (χ2n) is 6.98. The number of benzene rings is 1. The highest BCUT2D eigenvalue weighted by molar-refractivity contribution is 7.92. The Bertz CT molecular complexity index is 1560. The summed E-state index contributed by atoms with van der Waals surface area (Å²) in [6.07, 6.45) is -2.14. The van der Waals surface area contributed by atoms with E-state index in [1.54, 1.807) is 4.72 Å². The van der Waals surface area contributed by atoms with E-state index in [1.807, 2.05) is 0 Å². The van der Waals surface area contributed by atoms with Crippen molar-refractivity contribution in [2.45, 2.75) is 11.1 Å². The van der Waals surface area contributed by atoms with Crippen LogP contribution in [0.2, 0.25) is 5.02 Å². The van der Waals surface area contributed by atoms with Crippen LogP contribution in [0, 0.1) is 11.6 Å². The summed E-state index contributed by atoms with van der Waals surface area (Å²) in [5, 5.41) is 3.37. The first kappa shape index (κ1) is 23.6. The average molecular weight is 520 g/mol. The molecule has 4 aromatic rings. The SMILES string of the molecule is Cn1cc(S(=O)(=O)Nc2ccc(F)c(C(=O)c3c[nH]c4ncc(Cl)cc34)c2F)c(C(F)(F)F)n1. The number of aromatic amines is 1. The number of H-pyrrole nitrogens is 1. The van der Waals surface area contributed by atoms with E-state index >= 15 is 4.39 Å². The lowest BCUT2D eigenvalue weighted by Crippen LogP contribution is -2.19. The van der Waals surface area contributed by atoms with Crippen molar-refractivity contribution in [2.75, 3.05) is 4.72 Å². The fourth-order valence-electron chi connectivity index (χ4n) is 3.20. The number of nitrogens with one attached hydrogen (secondary N) is 2. The van der Waals surface area contributed by atoms with Gasteiger partial charge in [0, 0.05) is 36.6 Å². The highest BCUT2D eigenvalue weighted by Crippen LogP contribution is 2.34. The molecule has 8 nitrogen and oxygen atoms in total. The molecule has 0 aliphatic rings. The lowest BCUT2D eigenvalue weighted by molar-refractivity contribution is -0.143. The number of pyridine rings is 1. The first-order valence-corrected chi connectivity index (χ1v) is 10.9. The normalized spacial score (nSPS) is 12.3. The number of sulfonamides is 1. The minimum Gasteiger partial charge on any atom is -0.345 e. The zero-order valence-corrected chi connectivity index (χ0v) is 18.3. The number of aromatic nitrogens is 4. The lowest BCUT2D eigenvalue weighted by atomic mass is 10.0. The van der Waals surface area contributed by atoms with Gasteiger partial charge in [0.15, 0.2) is 11.5 Å². The fraction of sp³-hybridized carbons (Fsp3) is 0.105. The first-order valence-electron chi connectivity index (χ1n) is 9.08. The number of ketones is 1. The summed E-state index contributed by atoms with van der Waals surface area (Å²) in [5.74, 6) is -4.13. The van der Waals surface area contributed by atoms with E-state index in [-0.39, 0.29) is 21.6 Å². The molecule has 0 radical (unpaired) electrons. The van der Waals surface area contributed by atoms with Crippen LogP contribution >= 0.6 is 11.6 Å². The van der Waals surface area contributed by atoms with E-state index in [0.717, 1.165) is 13.2 Å². The van der Waals surface area contributed by atoms with Gasteiger partial charge in [-0.15, -0.1) is 0 Å². The van der Waals surface area contributed by atoms with Crippen LogP contribution in [0.1, 0.15) is 21.6 Å². The van der Waals surface area contributed by atoms with E-state index in [9.17, 15) is 30.8 Å². The fourth-order valence-corrected chi connectivity index (χ4v) is 4.62. The molecule has 178 valence electrons. The van der Waals surface area contributed by atoms with Gasteiger partial charge < -0.3 is 4.98 Å². The quantitative estimate of drug-likeness (QED) is 0.302. The minimum absolute atomic E-state index is 0.139. The summed E-state index contributed by atoms with van der Waals surface area (Å²) in [4.78, 5) is 18.2. The molecule has 0 saturated heterocycles. The number of hydrogen-bond acceptors (Lipinski definition) is 5. The molecule has 0 amide bonds. The van der Waals surface area contributed by atoms with E-state index in [0.29, 0.717) is 23.0 Å². The van der Waals surface area contributed by atoms with Crippen LogP contribution in [0.5, 0.6) is 0 Å². The van der Waals surface area contributed by atoms with Crippen LogP contribution < -0.4 is 4.72 Å². The Kier molecular flexibility index (Phi) is 5.60. The number of nitrogens with zero attached hydrogens (tertiary/aromatic N) is 3. The van der Waals surface area contributed by atoms with Crippen molar-refractivity contribution in [2.24, 2.45) is 7.05 Å². The molecule has 0 atom stereocenters. The summed E-state index contributed by atoms with van der Waals surface area (Å²) in [7, 11) is -3.98. The highest BCUT2D eigenvalue weighted by atomic mass is 35.5. The predicted octanol–water partition coefficient (Wildman–Crippen LogP) is 4.28. The van der Waals surface area contributed by atoms with Crippen LogP contribution in [-0.2, 0) is 23.2 Å². The van der Waals surface area contributed by atoms with Gasteiger partial charge in [-0.05, 0) is 18.2 Å². The van der Waals surface area contributed by atoms with E-state index < -0.39 is 55.5 Å². The van der Waals surface area contributed by atoms with Crippen molar-refractivity contribution in [3.05, 3.63) is 70.3 Å². The molecule has 34 heavy (non-hydrogen) atoms. The molecule has 0 spiro atoms. The van der Waals surface area contributed by atoms with Gasteiger partial charge in [0.1, 0.15) is 16.4 Å². The van der Waals surface area contributed by atoms with Crippen LogP contribution in [0.3, 0.4) is 0 Å². The number of carbonyl (C=O) groups is 1. The number of halogens is 6. The van der Waals surface area contributed by atoms with Crippen LogP contribution in [0.15, 0.2) is 41.7 Å². The minimum atomic E-state index is -5.13. The van der Waals surface area contributed by atoms with Crippen molar-refractivity contribution >= 4 is 44.1 Å². The Labute approximate surface area is 192 Å². The van der Waals surface area contributed by atoms with E-state index in [1.165, 1.54) is 12.3 Å². The second-order valence-corrected chi connectivity index (χ2v) is 9.07. The molecular formula is C19H11ClF5N5O3S. The molecule has 4 rings (SSSR count). The van der Waals surface area contributed by atoms with Gasteiger partial charge in [-0.25, -0.2) is 22.2 Å². The van der Waals surface area contributed by atoms with Gasteiger partial charge in [0.25, 0.3) is 10.0 Å². The van der Waals surface area contributed by atoms with Crippen molar-refractivity contribution in [1.29, 1.82) is 0 Å². The molecule has 1 aromatic carbocycles. The number of hydrogen-bond donors (Lipinski definition) is 2. The Hall–Kier alpha value is -3.52. The Morgan fingerprint density at radius 2 is 1.94 bits per heavy atom. The van der Waals surface area contributed by atoms with Gasteiger partial charge in [-0.3, -0.25) is 14.2 Å². The van der Waals surface area contributed by atoms with Gasteiger partial charge in [0.05, 0.1) is 16.3 Å². The van der Waals surface area contributed by atoms with Crippen molar-refractivity contribution in [3.63, 3.8) is 0 Å². The molecule has 0 unspecified atom stereocenters. The molecule has 0 bridgehead atoms. The van der Waals surface area contributed by atoms with Crippen molar-refractivity contribution in [1.82, 2.24) is 19.7 Å². The monoisotopic (exact) mass is 519 g/mol. The molecule has 0 aliphatic carbocycles. The standard InChI is InChI=1S/C19H11ClF5N5O3S/c1-30-7-13(17(28-30)19(23,24)25)34(32,33)29-12-3-2-11(21)14(15(12)22)16(31)10-6-27-18-9(10)4-8(20)5-26-18/h2-7,29H,1H3,(H,26,27). The third-order valence-corrected chi connectivity index (χ3v) is 6.23. The second kappa shape index (κ2) is 8.06. The number of alkyl halides is 3. The largest absolute Gasteiger partial charge is 0.436 e. The Morgan fingerprint density at radius 3 is 2.62 bits per heavy atom. The zero-order chi connectivity index (χ0) is 25.0. The zero-order valence-electron chi connectivity index (χ0n) is 16.7. The van der Waals surface area contributed by atoms with Crippen LogP contribution in [0.4, 0.5) is 27.6 Å². The number of anilines is 1. The topological polar surface area (TPSA) is 110 Å². The molecular weight excluding hydrogens is 509 g/mol. The molecule has 0 fully saturated rings. The smallest absolute Gasteiger partial charge is 0.345 e. The van der Waals surface area contributed by atoms with Crippen molar-refractivity contribution in [3.8, 4) is 0 Å². The molecule has 0 aliphatic heterocycles. The summed E-state index contributed by atoms with van der Waals surface area (Å²) in [6, 6.07) is 2.56. The van der Waals surface area contributed by atoms with Gasteiger partial charge in [-0.2, -0.15) is 18.3 Å². The predicted molar refractivity (Wildman–Crippen MR) is 110 cm³/mol. The number of fused-ring (bicyclic) bond motifs is 1. The maximum Gasteiger partial charge on any atom is 0.436 e. The summed E-state index contributed by atoms with van der Waals surface area (Å²) in [5.41, 5.74) is -3.83. The van der Waals surface area contributed by atoms with Crippen LogP contribution in [-0.4, -0.2) is 33.9 Å². The number of rotatable bonds is 5. The maximum atomic E-state index is 15.2. The summed E-state index contributed by atoms with van der Waals surface area (Å²) in [6.45, 7) is 0. The Balaban J connectivity index is 1.78. The average Bonchev–Trinajstić information content (AvgIpc) is 3.33. The van der Waals surface area contributed by atoms with E-state index in [4.69, 9.17) is 11.6 Å².